The molecule has 1 aromatic carbocycles. The Kier molecular flexibility index (Phi) is 8.83. The second-order valence-corrected chi connectivity index (χ2v) is 10.8. The zero-order valence-corrected chi connectivity index (χ0v) is 21.1. The first-order valence-electron chi connectivity index (χ1n) is 11.7. The molecule has 1 saturated heterocycles. The van der Waals surface area contributed by atoms with E-state index in [-0.39, 0.29) is 12.3 Å². The van der Waals surface area contributed by atoms with Crippen LogP contribution >= 0.6 is 23.1 Å². The van der Waals surface area contributed by atoms with Crippen LogP contribution in [0.15, 0.2) is 52.2 Å². The number of likely N-dealkylation sites (tertiary alicyclic amines) is 1. The smallest absolute Gasteiger partial charge is 0.303 e. The van der Waals surface area contributed by atoms with Gasteiger partial charge in [0.1, 0.15) is 5.75 Å². The molecule has 0 aliphatic carbocycles. The number of aliphatic carboxylic acids is 1. The summed E-state index contributed by atoms with van der Waals surface area (Å²) in [4.78, 5) is 19.7. The van der Waals surface area contributed by atoms with Gasteiger partial charge in [-0.25, -0.2) is 0 Å². The normalized spacial score (nSPS) is 19.8. The van der Waals surface area contributed by atoms with E-state index in [9.17, 15) is 15.0 Å². The molecule has 1 unspecified atom stereocenters. The topological polar surface area (TPSA) is 82.9 Å². The van der Waals surface area contributed by atoms with Gasteiger partial charge in [-0.3, -0.25) is 9.78 Å². The number of aromatic nitrogens is 1. The molecule has 182 valence electrons. The quantitative estimate of drug-likeness (QED) is 0.345. The lowest BCUT2D eigenvalue weighted by atomic mass is 9.79. The van der Waals surface area contributed by atoms with E-state index >= 15 is 0 Å². The molecular weight excluding hydrogens is 468 g/mol. The van der Waals surface area contributed by atoms with Crippen LogP contribution in [-0.2, 0) is 4.79 Å². The number of piperidine rings is 1. The monoisotopic (exact) mass is 500 g/mol. The number of aliphatic hydroxyl groups is 1. The van der Waals surface area contributed by atoms with Gasteiger partial charge in [-0.05, 0) is 78.9 Å². The second kappa shape index (κ2) is 12.0. The van der Waals surface area contributed by atoms with Crippen LogP contribution in [0.3, 0.4) is 0 Å². The van der Waals surface area contributed by atoms with Crippen molar-refractivity contribution in [2.75, 3.05) is 32.5 Å². The number of hydrogen-bond acceptors (Lipinski definition) is 7. The number of carboxylic acid groups (broad SMARTS) is 1. The van der Waals surface area contributed by atoms with Crippen LogP contribution < -0.4 is 4.74 Å². The van der Waals surface area contributed by atoms with E-state index in [1.54, 1.807) is 24.6 Å². The highest BCUT2D eigenvalue weighted by Crippen LogP contribution is 2.35. The van der Waals surface area contributed by atoms with Gasteiger partial charge in [-0.2, -0.15) is 11.3 Å². The molecule has 2 aromatic heterocycles. The Hall–Kier alpha value is -2.13. The molecule has 1 aliphatic heterocycles. The number of methoxy groups -OCH3 is 1. The molecule has 0 bridgehead atoms. The van der Waals surface area contributed by atoms with Crippen molar-refractivity contribution in [2.24, 2.45) is 11.8 Å². The van der Waals surface area contributed by atoms with E-state index in [0.29, 0.717) is 12.3 Å². The minimum absolute atomic E-state index is 0.110. The number of pyridine rings is 1. The third kappa shape index (κ3) is 6.50. The number of aliphatic hydroxyl groups excluding tert-OH is 1. The van der Waals surface area contributed by atoms with E-state index in [0.717, 1.165) is 60.4 Å². The van der Waals surface area contributed by atoms with Crippen molar-refractivity contribution < 1.29 is 19.7 Å². The van der Waals surface area contributed by atoms with Crippen LogP contribution in [0.4, 0.5) is 0 Å². The lowest BCUT2D eigenvalue weighted by molar-refractivity contribution is -0.139. The number of carboxylic acids is 1. The average Bonchev–Trinajstić information content (AvgIpc) is 3.36. The minimum atomic E-state index is -0.739. The van der Waals surface area contributed by atoms with Gasteiger partial charge in [-0.15, -0.1) is 11.8 Å². The number of thiophene rings is 1. The number of hydrogen-bond donors (Lipinski definition) is 2. The first-order valence-corrected chi connectivity index (χ1v) is 13.7. The summed E-state index contributed by atoms with van der Waals surface area (Å²) in [5.41, 5.74) is 1.68. The van der Waals surface area contributed by atoms with Gasteiger partial charge < -0.3 is 19.8 Å². The minimum Gasteiger partial charge on any atom is -0.497 e. The first-order chi connectivity index (χ1) is 16.5. The Labute approximate surface area is 209 Å². The van der Waals surface area contributed by atoms with Gasteiger partial charge >= 0.3 is 5.97 Å². The number of ether oxygens (including phenoxy) is 1. The van der Waals surface area contributed by atoms with Crippen molar-refractivity contribution in [3.05, 3.63) is 52.9 Å². The largest absolute Gasteiger partial charge is 0.497 e. The summed E-state index contributed by atoms with van der Waals surface area (Å²) in [6.07, 6.45) is 3.68. The fraction of sp³-hybridized carbons (Fsp3) is 0.462. The molecular formula is C26H32N2O4S2. The van der Waals surface area contributed by atoms with Gasteiger partial charge in [0.15, 0.2) is 0 Å². The molecule has 1 aliphatic rings. The predicted octanol–water partition coefficient (Wildman–Crippen LogP) is 5.32. The summed E-state index contributed by atoms with van der Waals surface area (Å²) in [6.45, 7) is 2.76. The summed E-state index contributed by atoms with van der Waals surface area (Å²) < 4.78 is 5.35. The summed E-state index contributed by atoms with van der Waals surface area (Å²) in [5.74, 6) is 1.42. The highest BCUT2D eigenvalue weighted by molar-refractivity contribution is 7.99. The maximum absolute atomic E-state index is 11.6. The van der Waals surface area contributed by atoms with Crippen LogP contribution in [0.25, 0.3) is 10.9 Å². The van der Waals surface area contributed by atoms with Crippen molar-refractivity contribution in [3.63, 3.8) is 0 Å². The molecule has 34 heavy (non-hydrogen) atoms. The van der Waals surface area contributed by atoms with Crippen molar-refractivity contribution in [1.82, 2.24) is 9.88 Å². The number of benzene rings is 1. The van der Waals surface area contributed by atoms with Gasteiger partial charge in [0.05, 0.1) is 18.7 Å². The van der Waals surface area contributed by atoms with Crippen molar-refractivity contribution in [3.8, 4) is 5.75 Å². The van der Waals surface area contributed by atoms with Crippen LogP contribution in [0.5, 0.6) is 5.75 Å². The van der Waals surface area contributed by atoms with E-state index in [1.165, 1.54) is 4.90 Å². The lowest BCUT2D eigenvalue weighted by Crippen LogP contribution is -2.42. The first kappa shape index (κ1) is 25.0. The standard InChI is InChI=1S/C26H32N2O4S2/c1-32-20-3-4-24-23(15-20)22(6-9-27-24)25(29)5-2-18-7-10-28(16-19(18)14-26(30)31)11-13-34-21-8-12-33-17-21/h3-4,6,8-9,12,15,17-19,25,29H,2,5,7,10-11,13-14,16H2,1H3,(H,30,31)/t18-,19+,25?/m1/s1. The van der Waals surface area contributed by atoms with Crippen molar-refractivity contribution in [2.45, 2.75) is 36.7 Å². The maximum atomic E-state index is 11.6. The molecule has 2 N–H and O–H groups in total. The zero-order valence-electron chi connectivity index (χ0n) is 19.4. The Balaban J connectivity index is 1.35. The molecule has 0 amide bonds. The Morgan fingerprint density at radius 2 is 2.21 bits per heavy atom. The fourth-order valence-corrected chi connectivity index (χ4v) is 6.70. The summed E-state index contributed by atoms with van der Waals surface area (Å²) in [7, 11) is 1.63. The summed E-state index contributed by atoms with van der Waals surface area (Å²) in [6, 6.07) is 9.70. The van der Waals surface area contributed by atoms with E-state index in [4.69, 9.17) is 4.74 Å². The molecule has 0 saturated carbocycles. The molecule has 3 heterocycles. The predicted molar refractivity (Wildman–Crippen MR) is 138 cm³/mol. The summed E-state index contributed by atoms with van der Waals surface area (Å²) in [5, 5.41) is 25.7. The Morgan fingerprint density at radius 1 is 1.32 bits per heavy atom. The highest BCUT2D eigenvalue weighted by atomic mass is 32.2. The number of thioether (sulfide) groups is 1. The van der Waals surface area contributed by atoms with Crippen LogP contribution in [0.2, 0.25) is 0 Å². The molecule has 0 spiro atoms. The SMILES string of the molecule is COc1ccc2nccc(C(O)CC[C@@H]3CCN(CCSc4ccsc4)C[C@@H]3CC(=O)O)c2c1. The van der Waals surface area contributed by atoms with E-state index in [2.05, 4.69) is 26.7 Å². The van der Waals surface area contributed by atoms with Crippen LogP contribution in [-0.4, -0.2) is 58.6 Å². The molecule has 8 heteroatoms. The molecule has 3 atom stereocenters. The van der Waals surface area contributed by atoms with Gasteiger partial charge in [-0.1, -0.05) is 0 Å². The van der Waals surface area contributed by atoms with Crippen LogP contribution in [0, 0.1) is 11.8 Å². The fourth-order valence-electron chi connectivity index (χ4n) is 4.91. The van der Waals surface area contributed by atoms with Gasteiger partial charge in [0, 0.05) is 47.1 Å². The molecule has 4 rings (SSSR count). The number of carbonyl (C=O) groups is 1. The highest BCUT2D eigenvalue weighted by Gasteiger charge is 2.31. The second-order valence-electron chi connectivity index (χ2n) is 8.89. The average molecular weight is 501 g/mol. The number of fused-ring (bicyclic) bond motifs is 1. The van der Waals surface area contributed by atoms with Gasteiger partial charge in [0.25, 0.3) is 0 Å². The summed E-state index contributed by atoms with van der Waals surface area (Å²) >= 11 is 3.57. The lowest BCUT2D eigenvalue weighted by Gasteiger charge is -2.38. The molecule has 3 aromatic rings. The Morgan fingerprint density at radius 3 is 2.97 bits per heavy atom. The maximum Gasteiger partial charge on any atom is 0.303 e. The zero-order chi connectivity index (χ0) is 23.9. The molecule has 0 radical (unpaired) electrons. The van der Waals surface area contributed by atoms with Gasteiger partial charge in [0.2, 0.25) is 0 Å². The van der Waals surface area contributed by atoms with Crippen LogP contribution in [0.1, 0.15) is 37.4 Å². The third-order valence-corrected chi connectivity index (χ3v) is 8.54. The van der Waals surface area contributed by atoms with E-state index in [1.807, 2.05) is 36.0 Å². The van der Waals surface area contributed by atoms with E-state index < -0.39 is 12.1 Å². The molecule has 1 fully saturated rings. The number of nitrogens with zero attached hydrogens (tertiary/aromatic N) is 2. The van der Waals surface area contributed by atoms with Crippen molar-refractivity contribution >= 4 is 40.0 Å². The Bertz CT molecular complexity index is 1080. The third-order valence-electron chi connectivity index (χ3n) is 6.74. The van der Waals surface area contributed by atoms with Crippen molar-refractivity contribution in [1.29, 1.82) is 0 Å². The molecule has 6 nitrogen and oxygen atoms in total. The number of rotatable bonds is 11.